The molecular weight excluding hydrogens is 374 g/mol. The third kappa shape index (κ3) is 3.87. The number of carbonyl (C=O) groups excluding carboxylic acids is 2. The van der Waals surface area contributed by atoms with Crippen LogP contribution in [-0.4, -0.2) is 41.0 Å². The van der Waals surface area contributed by atoms with Gasteiger partial charge in [-0.25, -0.2) is 9.78 Å². The molecule has 0 bridgehead atoms. The largest absolute Gasteiger partial charge is 0.452 e. The molecule has 6 nitrogen and oxygen atoms in total. The first-order valence-electron chi connectivity index (χ1n) is 8.62. The molecule has 1 amide bonds. The number of nitrogens with zero attached hydrogens (tertiary/aromatic N) is 3. The summed E-state index contributed by atoms with van der Waals surface area (Å²) in [7, 11) is 1.51. The number of esters is 1. The van der Waals surface area contributed by atoms with Crippen LogP contribution in [0.3, 0.4) is 0 Å². The highest BCUT2D eigenvalue weighted by Crippen LogP contribution is 2.28. The second-order valence-electron chi connectivity index (χ2n) is 6.75. The highest BCUT2D eigenvalue weighted by Gasteiger charge is 2.28. The van der Waals surface area contributed by atoms with Crippen LogP contribution in [0, 0.1) is 11.3 Å². The first-order valence-corrected chi connectivity index (χ1v) is 9.50. The molecule has 0 aliphatic rings. The Bertz CT molecular complexity index is 1070. The Labute approximate surface area is 167 Å². The topological polar surface area (TPSA) is 83.3 Å². The van der Waals surface area contributed by atoms with Crippen LogP contribution < -0.4 is 0 Å². The molecule has 0 saturated heterocycles. The van der Waals surface area contributed by atoms with Gasteiger partial charge in [0.25, 0.3) is 5.91 Å². The van der Waals surface area contributed by atoms with Crippen LogP contribution in [0.5, 0.6) is 0 Å². The molecule has 0 radical (unpaired) electrons. The van der Waals surface area contributed by atoms with Crippen LogP contribution >= 0.6 is 11.3 Å². The maximum atomic E-state index is 12.7. The van der Waals surface area contributed by atoms with E-state index >= 15 is 0 Å². The number of carbonyl (C=O) groups is 2. The molecule has 0 atom stereocenters. The number of ether oxygens (including phenoxy) is 1. The van der Waals surface area contributed by atoms with Gasteiger partial charge in [-0.2, -0.15) is 5.26 Å². The molecule has 142 valence electrons. The molecule has 0 unspecified atom stereocenters. The van der Waals surface area contributed by atoms with Crippen LogP contribution in [-0.2, 0) is 9.53 Å². The number of amides is 1. The lowest BCUT2D eigenvalue weighted by molar-refractivity contribution is -0.136. The number of pyridine rings is 1. The SMILES string of the molecule is CN(C(=O)COC(=O)c1cc(-c2cccs2)nc2ccccc12)C(C)(C)C#N. The van der Waals surface area contributed by atoms with E-state index in [1.807, 2.05) is 41.8 Å². The number of hydrogen-bond acceptors (Lipinski definition) is 6. The van der Waals surface area contributed by atoms with Gasteiger partial charge in [0, 0.05) is 12.4 Å². The summed E-state index contributed by atoms with van der Waals surface area (Å²) < 4.78 is 5.27. The number of thiophene rings is 1. The minimum Gasteiger partial charge on any atom is -0.452 e. The summed E-state index contributed by atoms with van der Waals surface area (Å²) in [5, 5.41) is 11.7. The van der Waals surface area contributed by atoms with E-state index in [4.69, 9.17) is 10.00 Å². The van der Waals surface area contributed by atoms with Gasteiger partial charge in [0.1, 0.15) is 5.54 Å². The lowest BCUT2D eigenvalue weighted by Gasteiger charge is -2.28. The van der Waals surface area contributed by atoms with Crippen molar-refractivity contribution in [1.82, 2.24) is 9.88 Å². The van der Waals surface area contributed by atoms with Gasteiger partial charge >= 0.3 is 5.97 Å². The summed E-state index contributed by atoms with van der Waals surface area (Å²) in [6.07, 6.45) is 0. The normalized spacial score (nSPS) is 11.1. The lowest BCUT2D eigenvalue weighted by atomic mass is 10.1. The summed E-state index contributed by atoms with van der Waals surface area (Å²) in [6, 6.07) is 14.9. The van der Waals surface area contributed by atoms with Crippen LogP contribution in [0.25, 0.3) is 21.5 Å². The predicted molar refractivity (Wildman–Crippen MR) is 108 cm³/mol. The zero-order valence-corrected chi connectivity index (χ0v) is 16.6. The molecule has 1 aromatic carbocycles. The van der Waals surface area contributed by atoms with Gasteiger partial charge in [-0.3, -0.25) is 4.79 Å². The monoisotopic (exact) mass is 393 g/mol. The van der Waals surface area contributed by atoms with Crippen molar-refractivity contribution in [3.05, 3.63) is 53.4 Å². The fourth-order valence-corrected chi connectivity index (χ4v) is 3.27. The van der Waals surface area contributed by atoms with Crippen LogP contribution in [0.4, 0.5) is 0 Å². The molecule has 3 aromatic rings. The molecule has 2 heterocycles. The molecule has 0 aliphatic heterocycles. The van der Waals surface area contributed by atoms with E-state index in [9.17, 15) is 9.59 Å². The molecule has 28 heavy (non-hydrogen) atoms. The minimum atomic E-state index is -0.987. The maximum absolute atomic E-state index is 12.7. The highest BCUT2D eigenvalue weighted by molar-refractivity contribution is 7.13. The standard InChI is InChI=1S/C21H19N3O3S/c1-21(2,13-22)24(3)19(25)12-27-20(26)15-11-17(18-9-6-10-28-18)23-16-8-5-4-7-14(15)16/h4-11H,12H2,1-3H3. The number of benzene rings is 1. The summed E-state index contributed by atoms with van der Waals surface area (Å²) in [6.45, 7) is 2.80. The van der Waals surface area contributed by atoms with E-state index in [2.05, 4.69) is 4.98 Å². The Morgan fingerprint density at radius 2 is 2.00 bits per heavy atom. The molecule has 0 spiro atoms. The summed E-state index contributed by atoms with van der Waals surface area (Å²) in [5.41, 5.74) is 0.715. The van der Waals surface area contributed by atoms with E-state index in [0.29, 0.717) is 22.2 Å². The number of likely N-dealkylation sites (N-methyl/N-ethyl adjacent to an activating group) is 1. The van der Waals surface area contributed by atoms with Crippen molar-refractivity contribution in [1.29, 1.82) is 5.26 Å². The first kappa shape index (κ1) is 19.5. The van der Waals surface area contributed by atoms with E-state index in [1.165, 1.54) is 23.3 Å². The fraction of sp³-hybridized carbons (Fsp3) is 0.238. The zero-order chi connectivity index (χ0) is 20.3. The van der Waals surface area contributed by atoms with Crippen molar-refractivity contribution < 1.29 is 14.3 Å². The molecule has 0 aliphatic carbocycles. The van der Waals surface area contributed by atoms with E-state index in [-0.39, 0.29) is 0 Å². The van der Waals surface area contributed by atoms with Crippen LogP contribution in [0.15, 0.2) is 47.8 Å². The Hall–Kier alpha value is -3.24. The highest BCUT2D eigenvalue weighted by atomic mass is 32.1. The third-order valence-corrected chi connectivity index (χ3v) is 5.42. The average molecular weight is 393 g/mol. The van der Waals surface area contributed by atoms with E-state index < -0.39 is 24.0 Å². The van der Waals surface area contributed by atoms with Gasteiger partial charge in [0.05, 0.1) is 27.7 Å². The zero-order valence-electron chi connectivity index (χ0n) is 15.8. The number of para-hydroxylation sites is 1. The molecule has 2 aromatic heterocycles. The summed E-state index contributed by atoms with van der Waals surface area (Å²) in [5.74, 6) is -1.05. The average Bonchev–Trinajstić information content (AvgIpc) is 3.25. The van der Waals surface area contributed by atoms with Crippen molar-refractivity contribution in [3.8, 4) is 16.6 Å². The van der Waals surface area contributed by atoms with Crippen LogP contribution in [0.1, 0.15) is 24.2 Å². The number of nitriles is 1. The molecule has 0 saturated carbocycles. The number of aromatic nitrogens is 1. The summed E-state index contributed by atoms with van der Waals surface area (Å²) in [4.78, 5) is 31.9. The van der Waals surface area contributed by atoms with Crippen LogP contribution in [0.2, 0.25) is 0 Å². The van der Waals surface area contributed by atoms with Gasteiger partial charge < -0.3 is 9.64 Å². The smallest absolute Gasteiger partial charge is 0.339 e. The predicted octanol–water partition coefficient (Wildman–Crippen LogP) is 3.88. The second-order valence-corrected chi connectivity index (χ2v) is 7.70. The van der Waals surface area contributed by atoms with Crippen molar-refractivity contribution >= 4 is 34.1 Å². The van der Waals surface area contributed by atoms with Gasteiger partial charge in [-0.15, -0.1) is 11.3 Å². The quantitative estimate of drug-likeness (QED) is 0.614. The third-order valence-electron chi connectivity index (χ3n) is 4.52. The molecule has 0 N–H and O–H groups in total. The van der Waals surface area contributed by atoms with Crippen molar-refractivity contribution in [2.24, 2.45) is 0 Å². The molecule has 3 rings (SSSR count). The fourth-order valence-electron chi connectivity index (χ4n) is 2.58. The Morgan fingerprint density at radius 3 is 2.68 bits per heavy atom. The Balaban J connectivity index is 1.87. The van der Waals surface area contributed by atoms with Crippen molar-refractivity contribution in [3.63, 3.8) is 0 Å². The Kier molecular flexibility index (Phi) is 5.43. The number of rotatable bonds is 5. The maximum Gasteiger partial charge on any atom is 0.339 e. The van der Waals surface area contributed by atoms with E-state index in [1.54, 1.807) is 26.0 Å². The molecule has 7 heteroatoms. The second kappa shape index (κ2) is 7.79. The van der Waals surface area contributed by atoms with Gasteiger partial charge in [-0.05, 0) is 37.4 Å². The number of hydrogen-bond donors (Lipinski definition) is 0. The van der Waals surface area contributed by atoms with Gasteiger partial charge in [0.2, 0.25) is 0 Å². The minimum absolute atomic E-state index is 0.351. The molecular formula is C21H19N3O3S. The van der Waals surface area contributed by atoms with Gasteiger partial charge in [-0.1, -0.05) is 24.3 Å². The van der Waals surface area contributed by atoms with Gasteiger partial charge in [0.15, 0.2) is 6.61 Å². The first-order chi connectivity index (χ1) is 13.3. The van der Waals surface area contributed by atoms with Crippen molar-refractivity contribution in [2.45, 2.75) is 19.4 Å². The summed E-state index contributed by atoms with van der Waals surface area (Å²) >= 11 is 1.53. The number of fused-ring (bicyclic) bond motifs is 1. The Morgan fingerprint density at radius 1 is 1.25 bits per heavy atom. The van der Waals surface area contributed by atoms with E-state index in [0.717, 1.165) is 4.88 Å². The van der Waals surface area contributed by atoms with Crippen molar-refractivity contribution in [2.75, 3.05) is 13.7 Å². The lowest BCUT2D eigenvalue weighted by Crippen LogP contribution is -2.45. The molecule has 0 fully saturated rings.